The van der Waals surface area contributed by atoms with E-state index in [0.717, 1.165) is 37.2 Å². The van der Waals surface area contributed by atoms with E-state index in [0.29, 0.717) is 43.5 Å². The number of carbonyl (C=O) groups is 3. The smallest absolute Gasteiger partial charge is 0.254 e. The first-order valence-electron chi connectivity index (χ1n) is 13.3. The van der Waals surface area contributed by atoms with Gasteiger partial charge in [-0.3, -0.25) is 24.6 Å². The Morgan fingerprint density at radius 2 is 1.75 bits per heavy atom. The van der Waals surface area contributed by atoms with E-state index in [2.05, 4.69) is 40.5 Å². The third kappa shape index (κ3) is 4.52. The van der Waals surface area contributed by atoms with Crippen molar-refractivity contribution < 1.29 is 19.1 Å². The Morgan fingerprint density at radius 3 is 2.56 bits per heavy atom. The van der Waals surface area contributed by atoms with Crippen LogP contribution >= 0.6 is 0 Å². The normalized spacial score (nSPS) is 26.9. The van der Waals surface area contributed by atoms with Crippen molar-refractivity contribution in [3.63, 3.8) is 0 Å². The van der Waals surface area contributed by atoms with Gasteiger partial charge in [0.1, 0.15) is 11.9 Å². The first-order valence-corrected chi connectivity index (χ1v) is 13.3. The van der Waals surface area contributed by atoms with Gasteiger partial charge < -0.3 is 9.64 Å². The van der Waals surface area contributed by atoms with Crippen LogP contribution in [0.1, 0.15) is 65.9 Å². The summed E-state index contributed by atoms with van der Waals surface area (Å²) in [7, 11) is 0. The first kappa shape index (κ1) is 23.2. The molecule has 0 spiro atoms. The summed E-state index contributed by atoms with van der Waals surface area (Å²) in [5.41, 5.74) is 3.06. The SMILES string of the molecule is O=C1CC[C@H](CN2Cc3cc(O[C@H]4CCCC[C@@H]4N4CC(c5ccccc5)C4)ccc3C2=O)C(=O)N1. The van der Waals surface area contributed by atoms with Gasteiger partial charge in [0.25, 0.3) is 5.91 Å². The zero-order valence-corrected chi connectivity index (χ0v) is 20.5. The summed E-state index contributed by atoms with van der Waals surface area (Å²) in [6.07, 6.45) is 5.61. The van der Waals surface area contributed by atoms with Crippen LogP contribution in [0.25, 0.3) is 0 Å². The highest BCUT2D eigenvalue weighted by molar-refractivity contribution is 6.00. The molecule has 3 amide bonds. The van der Waals surface area contributed by atoms with Crippen molar-refractivity contribution in [2.75, 3.05) is 19.6 Å². The molecule has 0 bridgehead atoms. The van der Waals surface area contributed by atoms with Crippen LogP contribution in [0.15, 0.2) is 48.5 Å². The molecule has 7 heteroatoms. The molecular formula is C29H33N3O4. The largest absolute Gasteiger partial charge is 0.489 e. The van der Waals surface area contributed by atoms with E-state index in [1.54, 1.807) is 4.90 Å². The lowest BCUT2D eigenvalue weighted by molar-refractivity contribution is -0.136. The van der Waals surface area contributed by atoms with Crippen molar-refractivity contribution in [2.24, 2.45) is 5.92 Å². The number of hydrogen-bond acceptors (Lipinski definition) is 5. The maximum atomic E-state index is 13.0. The van der Waals surface area contributed by atoms with Gasteiger partial charge in [-0.05, 0) is 55.0 Å². The molecule has 0 radical (unpaired) electrons. The van der Waals surface area contributed by atoms with Crippen LogP contribution in [0.4, 0.5) is 0 Å². The van der Waals surface area contributed by atoms with Crippen LogP contribution in [-0.4, -0.2) is 59.3 Å². The molecule has 36 heavy (non-hydrogen) atoms. The lowest BCUT2D eigenvalue weighted by Gasteiger charge is -2.48. The Bertz CT molecular complexity index is 1160. The van der Waals surface area contributed by atoms with Crippen molar-refractivity contribution in [1.29, 1.82) is 0 Å². The second-order valence-corrected chi connectivity index (χ2v) is 10.7. The number of imide groups is 1. The van der Waals surface area contributed by atoms with Crippen molar-refractivity contribution in [3.05, 3.63) is 65.2 Å². The minimum Gasteiger partial charge on any atom is -0.489 e. The third-order valence-corrected chi connectivity index (χ3v) is 8.35. The van der Waals surface area contributed by atoms with Crippen LogP contribution in [0, 0.1) is 5.92 Å². The van der Waals surface area contributed by atoms with E-state index in [1.165, 1.54) is 18.4 Å². The molecule has 7 nitrogen and oxygen atoms in total. The molecule has 6 rings (SSSR count). The number of amides is 3. The maximum Gasteiger partial charge on any atom is 0.254 e. The number of benzene rings is 2. The quantitative estimate of drug-likeness (QED) is 0.631. The van der Waals surface area contributed by atoms with Crippen LogP contribution in [-0.2, 0) is 16.1 Å². The molecule has 0 unspecified atom stereocenters. The lowest BCUT2D eigenvalue weighted by atomic mass is 9.84. The third-order valence-electron chi connectivity index (χ3n) is 8.35. The Morgan fingerprint density at radius 1 is 0.944 bits per heavy atom. The lowest BCUT2D eigenvalue weighted by Crippen LogP contribution is -2.57. The second kappa shape index (κ2) is 9.69. The molecule has 2 saturated heterocycles. The number of rotatable bonds is 6. The minimum absolute atomic E-state index is 0.0516. The second-order valence-electron chi connectivity index (χ2n) is 10.7. The van der Waals surface area contributed by atoms with Crippen molar-refractivity contribution in [3.8, 4) is 5.75 Å². The number of nitrogens with zero attached hydrogens (tertiary/aromatic N) is 2. The van der Waals surface area contributed by atoms with Gasteiger partial charge in [-0.2, -0.15) is 0 Å². The number of fused-ring (bicyclic) bond motifs is 1. The number of likely N-dealkylation sites (tertiary alicyclic amines) is 1. The van der Waals surface area contributed by atoms with E-state index in [4.69, 9.17) is 4.74 Å². The summed E-state index contributed by atoms with van der Waals surface area (Å²) < 4.78 is 6.57. The van der Waals surface area contributed by atoms with Crippen molar-refractivity contribution in [2.45, 2.75) is 63.1 Å². The van der Waals surface area contributed by atoms with E-state index in [1.807, 2.05) is 18.2 Å². The van der Waals surface area contributed by atoms with E-state index < -0.39 is 0 Å². The fraction of sp³-hybridized carbons (Fsp3) is 0.483. The first-order chi connectivity index (χ1) is 17.5. The molecule has 2 aromatic carbocycles. The highest BCUT2D eigenvalue weighted by Crippen LogP contribution is 2.36. The van der Waals surface area contributed by atoms with Crippen LogP contribution in [0.2, 0.25) is 0 Å². The van der Waals surface area contributed by atoms with Gasteiger partial charge in [0.2, 0.25) is 11.8 Å². The average molecular weight is 488 g/mol. The molecule has 1 aliphatic carbocycles. The van der Waals surface area contributed by atoms with E-state index in [9.17, 15) is 14.4 Å². The highest BCUT2D eigenvalue weighted by atomic mass is 16.5. The fourth-order valence-electron chi connectivity index (χ4n) is 6.28. The predicted molar refractivity (Wildman–Crippen MR) is 134 cm³/mol. The Balaban J connectivity index is 1.09. The van der Waals surface area contributed by atoms with Gasteiger partial charge in [-0.15, -0.1) is 0 Å². The molecule has 3 atom stereocenters. The molecule has 0 aromatic heterocycles. The number of hydrogen-bond donors (Lipinski definition) is 1. The zero-order chi connectivity index (χ0) is 24.6. The summed E-state index contributed by atoms with van der Waals surface area (Å²) in [5.74, 6) is 0.531. The molecule has 3 fully saturated rings. The maximum absolute atomic E-state index is 13.0. The highest BCUT2D eigenvalue weighted by Gasteiger charge is 2.39. The summed E-state index contributed by atoms with van der Waals surface area (Å²) in [5, 5.41) is 2.39. The van der Waals surface area contributed by atoms with Crippen molar-refractivity contribution >= 4 is 17.7 Å². The Labute approximate surface area is 211 Å². The van der Waals surface area contributed by atoms with Gasteiger partial charge in [0.15, 0.2) is 0 Å². The zero-order valence-electron chi connectivity index (χ0n) is 20.5. The van der Waals surface area contributed by atoms with E-state index >= 15 is 0 Å². The molecule has 3 aliphatic heterocycles. The van der Waals surface area contributed by atoms with Crippen LogP contribution < -0.4 is 10.1 Å². The number of ether oxygens (including phenoxy) is 1. The molecular weight excluding hydrogens is 454 g/mol. The molecule has 4 aliphatic rings. The van der Waals surface area contributed by atoms with Gasteiger partial charge >= 0.3 is 0 Å². The summed E-state index contributed by atoms with van der Waals surface area (Å²) in [4.78, 5) is 40.9. The molecule has 1 N–H and O–H groups in total. The predicted octanol–water partition coefficient (Wildman–Crippen LogP) is 3.48. The Kier molecular flexibility index (Phi) is 6.25. The van der Waals surface area contributed by atoms with Gasteiger partial charge in [-0.25, -0.2) is 0 Å². The van der Waals surface area contributed by atoms with Crippen molar-refractivity contribution in [1.82, 2.24) is 15.1 Å². The fourth-order valence-corrected chi connectivity index (χ4v) is 6.28. The number of carbonyl (C=O) groups excluding carboxylic acids is 3. The molecule has 2 aromatic rings. The van der Waals surface area contributed by atoms with Gasteiger partial charge in [0, 0.05) is 50.1 Å². The molecule has 188 valence electrons. The molecule has 1 saturated carbocycles. The topological polar surface area (TPSA) is 79.0 Å². The summed E-state index contributed by atoms with van der Waals surface area (Å²) in [6, 6.07) is 17.0. The van der Waals surface area contributed by atoms with Crippen LogP contribution in [0.3, 0.4) is 0 Å². The average Bonchev–Trinajstić information content (AvgIpc) is 3.16. The Hall–Kier alpha value is -3.19. The van der Waals surface area contributed by atoms with E-state index in [-0.39, 0.29) is 29.7 Å². The number of nitrogens with one attached hydrogen (secondary N) is 1. The van der Waals surface area contributed by atoms with Gasteiger partial charge in [0.05, 0.1) is 5.92 Å². The van der Waals surface area contributed by atoms with Crippen LogP contribution in [0.5, 0.6) is 5.75 Å². The van der Waals surface area contributed by atoms with Gasteiger partial charge in [-0.1, -0.05) is 36.8 Å². The summed E-state index contributed by atoms with van der Waals surface area (Å²) in [6.45, 7) is 2.98. The monoisotopic (exact) mass is 487 g/mol. The summed E-state index contributed by atoms with van der Waals surface area (Å²) >= 11 is 0. The standard InChI is InChI=1S/C29H33N3O4/c33-27-13-10-20(28(34)30-27)15-32-16-21-14-23(11-12-24(21)29(32)35)36-26-9-5-4-8-25(26)31-17-22(18-31)19-6-2-1-3-7-19/h1-3,6-7,11-12,14,20,22,25-26H,4-5,8-10,13,15-18H2,(H,30,33,34)/t20-,25+,26+/m1/s1. The molecule has 3 heterocycles. The number of piperidine rings is 1. The minimum atomic E-state index is -0.337.